The molecule has 0 saturated heterocycles. The molecule has 0 amide bonds. The fourth-order valence-electron chi connectivity index (χ4n) is 3.98. The molecule has 2 heterocycles. The van der Waals surface area contributed by atoms with Crippen LogP contribution in [0.1, 0.15) is 28.8 Å². The molecule has 0 spiro atoms. The lowest BCUT2D eigenvalue weighted by molar-refractivity contribution is 0.619. The fourth-order valence-corrected chi connectivity index (χ4v) is 3.98. The maximum atomic E-state index is 14.2. The van der Waals surface area contributed by atoms with Crippen molar-refractivity contribution in [1.29, 1.82) is 0 Å². The summed E-state index contributed by atoms with van der Waals surface area (Å²) in [5.41, 5.74) is 3.11. The number of nitrogens with one attached hydrogen (secondary N) is 2. The summed E-state index contributed by atoms with van der Waals surface area (Å²) in [6.45, 7) is 0. The zero-order chi connectivity index (χ0) is 18.4. The van der Waals surface area contributed by atoms with Crippen LogP contribution >= 0.6 is 0 Å². The highest BCUT2D eigenvalue weighted by atomic mass is 19.1. The maximum Gasteiger partial charge on any atom is 0.272 e. The Morgan fingerprint density at radius 1 is 0.889 bits per heavy atom. The second-order valence-corrected chi connectivity index (χ2v) is 6.73. The molecular weight excluding hydrogens is 341 g/mol. The SMILES string of the molecule is O=c1[nH]nc2c3c(cc(F)cc13)N[C@@H](c1ccccc1)[C@@H]2c1ccccc1. The quantitative estimate of drug-likeness (QED) is 0.560. The predicted molar refractivity (Wildman–Crippen MR) is 103 cm³/mol. The van der Waals surface area contributed by atoms with E-state index in [0.29, 0.717) is 16.5 Å². The number of hydrogen-bond donors (Lipinski definition) is 2. The second-order valence-electron chi connectivity index (χ2n) is 6.73. The zero-order valence-corrected chi connectivity index (χ0v) is 14.3. The van der Waals surface area contributed by atoms with E-state index in [1.54, 1.807) is 0 Å². The first kappa shape index (κ1) is 15.8. The number of halogens is 1. The zero-order valence-electron chi connectivity index (χ0n) is 14.3. The van der Waals surface area contributed by atoms with Crippen LogP contribution in [0.4, 0.5) is 10.1 Å². The standard InChI is InChI=1S/C22H16FN3O/c23-15-11-16-19-17(12-15)24-20(14-9-5-2-6-10-14)18(13-7-3-1-4-8-13)21(19)25-26-22(16)27/h1-12,18,20,24H,(H,26,27)/t18-,20-/m0/s1. The van der Waals surface area contributed by atoms with E-state index < -0.39 is 5.82 Å². The van der Waals surface area contributed by atoms with E-state index in [4.69, 9.17) is 0 Å². The van der Waals surface area contributed by atoms with Crippen LogP contribution in [0.15, 0.2) is 77.6 Å². The molecule has 27 heavy (non-hydrogen) atoms. The highest BCUT2D eigenvalue weighted by molar-refractivity contribution is 5.97. The van der Waals surface area contributed by atoms with Gasteiger partial charge in [0, 0.05) is 11.1 Å². The molecule has 1 aliphatic heterocycles. The van der Waals surface area contributed by atoms with Gasteiger partial charge in [-0.15, -0.1) is 0 Å². The van der Waals surface area contributed by atoms with Gasteiger partial charge in [0.25, 0.3) is 5.56 Å². The monoisotopic (exact) mass is 357 g/mol. The van der Waals surface area contributed by atoms with Crippen LogP contribution in [-0.2, 0) is 0 Å². The molecule has 0 radical (unpaired) electrons. The molecule has 0 bridgehead atoms. The van der Waals surface area contributed by atoms with Crippen molar-refractivity contribution in [3.63, 3.8) is 0 Å². The summed E-state index contributed by atoms with van der Waals surface area (Å²) in [6, 6.07) is 22.6. The fraction of sp³-hybridized carbons (Fsp3) is 0.0909. The first-order valence-electron chi connectivity index (χ1n) is 8.80. The summed E-state index contributed by atoms with van der Waals surface area (Å²) in [7, 11) is 0. The molecule has 0 aliphatic carbocycles. The molecule has 2 atom stereocenters. The van der Waals surface area contributed by atoms with E-state index in [1.165, 1.54) is 12.1 Å². The Morgan fingerprint density at radius 2 is 1.56 bits per heavy atom. The lowest BCUT2D eigenvalue weighted by atomic mass is 9.80. The van der Waals surface area contributed by atoms with Gasteiger partial charge < -0.3 is 5.32 Å². The molecule has 1 aromatic heterocycles. The van der Waals surface area contributed by atoms with E-state index in [2.05, 4.69) is 27.6 Å². The van der Waals surface area contributed by atoms with Gasteiger partial charge in [-0.1, -0.05) is 60.7 Å². The molecule has 4 nitrogen and oxygen atoms in total. The molecule has 3 aromatic carbocycles. The van der Waals surface area contributed by atoms with Gasteiger partial charge >= 0.3 is 0 Å². The Bertz CT molecular complexity index is 1190. The van der Waals surface area contributed by atoms with E-state index in [9.17, 15) is 9.18 Å². The van der Waals surface area contributed by atoms with Crippen LogP contribution in [0, 0.1) is 5.82 Å². The third-order valence-corrected chi connectivity index (χ3v) is 5.14. The Kier molecular flexibility index (Phi) is 3.53. The first-order chi connectivity index (χ1) is 13.2. The maximum absolute atomic E-state index is 14.2. The van der Waals surface area contributed by atoms with Gasteiger partial charge in [-0.25, -0.2) is 9.49 Å². The Morgan fingerprint density at radius 3 is 2.26 bits per heavy atom. The number of H-pyrrole nitrogens is 1. The minimum atomic E-state index is -0.447. The van der Waals surface area contributed by atoms with Crippen molar-refractivity contribution in [2.75, 3.05) is 5.32 Å². The molecule has 5 rings (SSSR count). The van der Waals surface area contributed by atoms with Crippen molar-refractivity contribution in [2.45, 2.75) is 12.0 Å². The van der Waals surface area contributed by atoms with Crippen molar-refractivity contribution in [2.24, 2.45) is 0 Å². The molecular formula is C22H16FN3O. The van der Waals surface area contributed by atoms with Crippen molar-refractivity contribution in [3.05, 3.63) is 106 Å². The molecule has 0 fully saturated rings. The van der Waals surface area contributed by atoms with Crippen LogP contribution in [0.25, 0.3) is 10.8 Å². The van der Waals surface area contributed by atoms with Gasteiger partial charge in [0.1, 0.15) is 5.82 Å². The van der Waals surface area contributed by atoms with Gasteiger partial charge in [0.15, 0.2) is 0 Å². The number of aromatic amines is 1. The predicted octanol–water partition coefficient (Wildman–Crippen LogP) is 4.36. The largest absolute Gasteiger partial charge is 0.377 e. The van der Waals surface area contributed by atoms with E-state index in [-0.39, 0.29) is 17.5 Å². The van der Waals surface area contributed by atoms with Gasteiger partial charge in [-0.2, -0.15) is 5.10 Å². The second kappa shape index (κ2) is 6.06. The average Bonchev–Trinajstić information content (AvgIpc) is 2.71. The lowest BCUT2D eigenvalue weighted by Crippen LogP contribution is -2.28. The van der Waals surface area contributed by atoms with Gasteiger partial charge in [0.05, 0.1) is 23.0 Å². The molecule has 1 aliphatic rings. The minimum Gasteiger partial charge on any atom is -0.377 e. The van der Waals surface area contributed by atoms with Crippen molar-refractivity contribution < 1.29 is 4.39 Å². The normalized spacial score (nSPS) is 18.3. The Hall–Kier alpha value is -3.47. The van der Waals surface area contributed by atoms with E-state index in [0.717, 1.165) is 16.8 Å². The third-order valence-electron chi connectivity index (χ3n) is 5.14. The molecule has 0 saturated carbocycles. The van der Waals surface area contributed by atoms with Crippen LogP contribution in [0.5, 0.6) is 0 Å². The molecule has 132 valence electrons. The number of hydrogen-bond acceptors (Lipinski definition) is 3. The van der Waals surface area contributed by atoms with Crippen LogP contribution in [0.3, 0.4) is 0 Å². The van der Waals surface area contributed by atoms with Gasteiger partial charge in [-0.3, -0.25) is 4.79 Å². The Balaban J connectivity index is 1.83. The van der Waals surface area contributed by atoms with Crippen LogP contribution in [-0.4, -0.2) is 10.2 Å². The molecule has 5 heteroatoms. The average molecular weight is 357 g/mol. The number of aromatic nitrogens is 2. The lowest BCUT2D eigenvalue weighted by Gasteiger charge is -2.34. The Labute approximate surface area is 154 Å². The van der Waals surface area contributed by atoms with Gasteiger partial charge in [-0.05, 0) is 23.3 Å². The minimum absolute atomic E-state index is 0.120. The smallest absolute Gasteiger partial charge is 0.272 e. The number of anilines is 1. The number of benzene rings is 3. The number of nitrogens with zero attached hydrogens (tertiary/aromatic N) is 1. The summed E-state index contributed by atoms with van der Waals surface area (Å²) >= 11 is 0. The van der Waals surface area contributed by atoms with Crippen LogP contribution < -0.4 is 10.9 Å². The first-order valence-corrected chi connectivity index (χ1v) is 8.80. The van der Waals surface area contributed by atoms with E-state index in [1.807, 2.05) is 48.5 Å². The van der Waals surface area contributed by atoms with Gasteiger partial charge in [0.2, 0.25) is 0 Å². The molecule has 2 N–H and O–H groups in total. The summed E-state index contributed by atoms with van der Waals surface area (Å²) in [4.78, 5) is 12.3. The van der Waals surface area contributed by atoms with Crippen molar-refractivity contribution in [1.82, 2.24) is 10.2 Å². The topological polar surface area (TPSA) is 57.8 Å². The highest BCUT2D eigenvalue weighted by Crippen LogP contribution is 2.46. The summed E-state index contributed by atoms with van der Waals surface area (Å²) in [5.74, 6) is -0.566. The third kappa shape index (κ3) is 2.51. The highest BCUT2D eigenvalue weighted by Gasteiger charge is 2.34. The summed E-state index contributed by atoms with van der Waals surface area (Å²) in [6.07, 6.45) is 0. The number of rotatable bonds is 2. The van der Waals surface area contributed by atoms with E-state index >= 15 is 0 Å². The van der Waals surface area contributed by atoms with Crippen molar-refractivity contribution in [3.8, 4) is 0 Å². The van der Waals surface area contributed by atoms with Crippen molar-refractivity contribution >= 4 is 16.5 Å². The summed E-state index contributed by atoms with van der Waals surface area (Å²) in [5, 5.41) is 11.4. The molecule has 0 unspecified atom stereocenters. The van der Waals surface area contributed by atoms with Crippen LogP contribution in [0.2, 0.25) is 0 Å². The molecule has 4 aromatic rings. The summed E-state index contributed by atoms with van der Waals surface area (Å²) < 4.78 is 14.2.